The molecule has 0 amide bonds. The minimum atomic E-state index is -3.14. The van der Waals surface area contributed by atoms with Crippen LogP contribution in [0, 0.1) is 0 Å². The first-order valence-corrected chi connectivity index (χ1v) is 3.20. The zero-order valence-electron chi connectivity index (χ0n) is 6.01. The van der Waals surface area contributed by atoms with Gasteiger partial charge in [-0.25, -0.2) is 0 Å². The van der Waals surface area contributed by atoms with E-state index in [2.05, 4.69) is 0 Å². The molecule has 2 unspecified atom stereocenters. The van der Waals surface area contributed by atoms with Crippen LogP contribution in [0.25, 0.3) is 0 Å². The molecule has 0 aliphatic heterocycles. The Hall–Kier alpha value is -0.240. The lowest BCUT2D eigenvalue weighted by atomic mass is 10.1. The van der Waals surface area contributed by atoms with Crippen molar-refractivity contribution in [3.8, 4) is 0 Å². The summed E-state index contributed by atoms with van der Waals surface area (Å²) in [5, 5.41) is 34.1. The van der Waals surface area contributed by atoms with Crippen LogP contribution in [0.15, 0.2) is 0 Å². The Morgan fingerprint density at radius 1 is 1.27 bits per heavy atom. The maximum absolute atomic E-state index is 8.85. The molecule has 0 fully saturated rings. The van der Waals surface area contributed by atoms with Crippen LogP contribution in [-0.4, -0.2) is 45.1 Å². The topological polar surface area (TPSA) is 133 Å². The fraction of sp³-hybridized carbons (Fsp3) is 1.00. The second-order valence-corrected chi connectivity index (χ2v) is 2.37. The molecule has 6 nitrogen and oxygen atoms in total. The Morgan fingerprint density at radius 3 is 2.00 bits per heavy atom. The first-order valence-electron chi connectivity index (χ1n) is 3.20. The highest BCUT2D eigenvalue weighted by Crippen LogP contribution is 2.06. The van der Waals surface area contributed by atoms with E-state index in [1.807, 2.05) is 0 Å². The monoisotopic (exact) mass is 166 g/mol. The second kappa shape index (κ2) is 3.96. The Labute approximate surface area is 64.1 Å². The molecule has 0 aliphatic rings. The zero-order valence-corrected chi connectivity index (χ0v) is 6.01. The van der Waals surface area contributed by atoms with Crippen LogP contribution in [0.5, 0.6) is 0 Å². The van der Waals surface area contributed by atoms with Crippen LogP contribution in [-0.2, 0) is 0 Å². The van der Waals surface area contributed by atoms with Gasteiger partial charge in [-0.1, -0.05) is 0 Å². The van der Waals surface area contributed by atoms with Crippen molar-refractivity contribution in [3.63, 3.8) is 0 Å². The van der Waals surface area contributed by atoms with Crippen molar-refractivity contribution in [1.29, 1.82) is 0 Å². The van der Waals surface area contributed by atoms with Gasteiger partial charge in [0.2, 0.25) is 0 Å². The minimum Gasteiger partial charge on any atom is -0.383 e. The summed E-state index contributed by atoms with van der Waals surface area (Å²) in [4.78, 5) is 0. The van der Waals surface area contributed by atoms with Gasteiger partial charge < -0.3 is 31.9 Å². The standard InChI is InChI=1S/C5H14N2O4/c6-2-1-3(7)4(8)5(9,10)11/h3-4,8-11H,1-2,6-7H2. The lowest BCUT2D eigenvalue weighted by Gasteiger charge is -2.25. The molecule has 0 radical (unpaired) electrons. The summed E-state index contributed by atoms with van der Waals surface area (Å²) in [7, 11) is 0. The molecular weight excluding hydrogens is 152 g/mol. The molecule has 0 aliphatic carbocycles. The molecule has 0 aromatic carbocycles. The summed E-state index contributed by atoms with van der Waals surface area (Å²) in [5.41, 5.74) is 10.3. The summed E-state index contributed by atoms with van der Waals surface area (Å²) in [5.74, 6) is -3.14. The highest BCUT2D eigenvalue weighted by Gasteiger charge is 2.34. The Bertz CT molecular complexity index is 114. The highest BCUT2D eigenvalue weighted by atomic mass is 16.7. The van der Waals surface area contributed by atoms with Crippen molar-refractivity contribution in [1.82, 2.24) is 0 Å². The molecule has 11 heavy (non-hydrogen) atoms. The summed E-state index contributed by atoms with van der Waals surface area (Å²) >= 11 is 0. The van der Waals surface area contributed by atoms with E-state index < -0.39 is 18.1 Å². The molecule has 68 valence electrons. The van der Waals surface area contributed by atoms with Crippen LogP contribution in [0.3, 0.4) is 0 Å². The molecule has 8 N–H and O–H groups in total. The number of rotatable bonds is 4. The molecule has 0 heterocycles. The molecule has 0 bridgehead atoms. The molecule has 0 saturated heterocycles. The highest BCUT2D eigenvalue weighted by molar-refractivity contribution is 4.76. The van der Waals surface area contributed by atoms with Crippen molar-refractivity contribution in [2.75, 3.05) is 6.54 Å². The predicted octanol–water partition coefficient (Wildman–Crippen LogP) is -3.35. The SMILES string of the molecule is NCCC(N)C(O)C(O)(O)O. The summed E-state index contributed by atoms with van der Waals surface area (Å²) in [6.07, 6.45) is -1.60. The van der Waals surface area contributed by atoms with Gasteiger partial charge in [-0.2, -0.15) is 0 Å². The van der Waals surface area contributed by atoms with Crippen molar-refractivity contribution in [2.24, 2.45) is 11.5 Å². The number of aliphatic hydroxyl groups is 4. The van der Waals surface area contributed by atoms with E-state index in [-0.39, 0.29) is 13.0 Å². The Balaban J connectivity index is 3.91. The summed E-state index contributed by atoms with van der Waals surface area (Å²) in [6, 6.07) is -0.944. The van der Waals surface area contributed by atoms with Crippen molar-refractivity contribution in [3.05, 3.63) is 0 Å². The lowest BCUT2D eigenvalue weighted by Crippen LogP contribution is -2.52. The number of hydrogen-bond donors (Lipinski definition) is 6. The molecule has 0 rings (SSSR count). The van der Waals surface area contributed by atoms with Crippen LogP contribution >= 0.6 is 0 Å². The third-order valence-corrected chi connectivity index (χ3v) is 1.30. The lowest BCUT2D eigenvalue weighted by molar-refractivity contribution is -0.357. The average molecular weight is 166 g/mol. The van der Waals surface area contributed by atoms with E-state index in [0.717, 1.165) is 0 Å². The van der Waals surface area contributed by atoms with Gasteiger partial charge in [-0.3, -0.25) is 0 Å². The first-order chi connectivity index (χ1) is 4.89. The van der Waals surface area contributed by atoms with Crippen molar-refractivity contribution >= 4 is 0 Å². The van der Waals surface area contributed by atoms with Crippen LogP contribution < -0.4 is 11.5 Å². The fourth-order valence-corrected chi connectivity index (χ4v) is 0.638. The van der Waals surface area contributed by atoms with E-state index in [0.29, 0.717) is 0 Å². The first kappa shape index (κ1) is 10.8. The zero-order chi connectivity index (χ0) is 9.07. The molecular formula is C5H14N2O4. The van der Waals surface area contributed by atoms with E-state index in [4.69, 9.17) is 31.9 Å². The van der Waals surface area contributed by atoms with E-state index in [1.54, 1.807) is 0 Å². The largest absolute Gasteiger partial charge is 0.383 e. The van der Waals surface area contributed by atoms with E-state index in [9.17, 15) is 0 Å². The average Bonchev–Trinajstić information content (AvgIpc) is 1.85. The van der Waals surface area contributed by atoms with Crippen LogP contribution in [0.4, 0.5) is 0 Å². The van der Waals surface area contributed by atoms with E-state index in [1.165, 1.54) is 0 Å². The molecule has 0 spiro atoms. The van der Waals surface area contributed by atoms with Gasteiger partial charge in [0.15, 0.2) is 0 Å². The molecule has 2 atom stereocenters. The van der Waals surface area contributed by atoms with Gasteiger partial charge in [0, 0.05) is 6.04 Å². The Kier molecular flexibility index (Phi) is 3.87. The van der Waals surface area contributed by atoms with Crippen LogP contribution in [0.2, 0.25) is 0 Å². The molecule has 6 heteroatoms. The summed E-state index contributed by atoms with van der Waals surface area (Å²) in [6.45, 7) is 0.203. The van der Waals surface area contributed by atoms with Gasteiger partial charge in [0.1, 0.15) is 6.10 Å². The van der Waals surface area contributed by atoms with Gasteiger partial charge in [0.05, 0.1) is 0 Å². The normalized spacial score (nSPS) is 18.0. The molecule has 0 aromatic rings. The van der Waals surface area contributed by atoms with Crippen molar-refractivity contribution < 1.29 is 20.4 Å². The third-order valence-electron chi connectivity index (χ3n) is 1.30. The minimum absolute atomic E-state index is 0.199. The predicted molar refractivity (Wildman–Crippen MR) is 37.0 cm³/mol. The number of aliphatic hydroxyl groups excluding tert-OH is 1. The fourth-order valence-electron chi connectivity index (χ4n) is 0.638. The third kappa shape index (κ3) is 3.61. The number of nitrogens with two attached hydrogens (primary N) is 2. The maximum Gasteiger partial charge on any atom is 0.304 e. The van der Waals surface area contributed by atoms with Crippen LogP contribution in [0.1, 0.15) is 6.42 Å². The maximum atomic E-state index is 8.85. The van der Waals surface area contributed by atoms with Gasteiger partial charge >= 0.3 is 5.97 Å². The summed E-state index contributed by atoms with van der Waals surface area (Å²) < 4.78 is 0. The molecule has 0 aromatic heterocycles. The Morgan fingerprint density at radius 2 is 1.73 bits per heavy atom. The second-order valence-electron chi connectivity index (χ2n) is 2.37. The van der Waals surface area contributed by atoms with Crippen molar-refractivity contribution in [2.45, 2.75) is 24.5 Å². The number of hydrogen-bond acceptors (Lipinski definition) is 6. The van der Waals surface area contributed by atoms with E-state index >= 15 is 0 Å². The molecule has 0 saturated carbocycles. The van der Waals surface area contributed by atoms with Gasteiger partial charge in [0.25, 0.3) is 0 Å². The van der Waals surface area contributed by atoms with Gasteiger partial charge in [-0.05, 0) is 13.0 Å². The quantitative estimate of drug-likeness (QED) is 0.242. The van der Waals surface area contributed by atoms with Gasteiger partial charge in [-0.15, -0.1) is 0 Å². The smallest absolute Gasteiger partial charge is 0.304 e.